The van der Waals surface area contributed by atoms with Gasteiger partial charge >= 0.3 is 0 Å². The number of likely N-dealkylation sites (tertiary alicyclic amines) is 1. The molecule has 2 aromatic heterocycles. The molecule has 0 unspecified atom stereocenters. The van der Waals surface area contributed by atoms with Crippen molar-refractivity contribution in [3.8, 4) is 0 Å². The van der Waals surface area contributed by atoms with Gasteiger partial charge in [-0.2, -0.15) is 5.10 Å². The lowest BCUT2D eigenvalue weighted by Gasteiger charge is -2.32. The fourth-order valence-corrected chi connectivity index (χ4v) is 4.15. The normalized spacial score (nSPS) is 17.6. The topological polar surface area (TPSA) is 68.1 Å². The van der Waals surface area contributed by atoms with E-state index in [-0.39, 0.29) is 11.5 Å². The maximum absolute atomic E-state index is 12.9. The van der Waals surface area contributed by atoms with E-state index in [0.29, 0.717) is 37.0 Å². The molecular weight excluding hydrogens is 364 g/mol. The molecule has 2 fully saturated rings. The van der Waals surface area contributed by atoms with E-state index in [0.717, 1.165) is 29.4 Å². The molecule has 148 valence electrons. The fraction of sp³-hybridized carbons (Fsp3) is 0.391. The number of amides is 1. The number of carbonyl (C=O) groups excluding carboxylic acids is 1. The zero-order valence-electron chi connectivity index (χ0n) is 16.3. The van der Waals surface area contributed by atoms with Crippen LogP contribution in [0.4, 0.5) is 0 Å². The van der Waals surface area contributed by atoms with Gasteiger partial charge in [0.25, 0.3) is 11.5 Å². The number of benzene rings is 1. The lowest BCUT2D eigenvalue weighted by molar-refractivity contribution is 0.0680. The lowest BCUT2D eigenvalue weighted by atomic mass is 9.96. The third-order valence-electron chi connectivity index (χ3n) is 6.07. The van der Waals surface area contributed by atoms with Gasteiger partial charge in [-0.1, -0.05) is 6.07 Å². The van der Waals surface area contributed by atoms with Gasteiger partial charge in [-0.05, 0) is 61.9 Å². The van der Waals surface area contributed by atoms with Gasteiger partial charge in [0.1, 0.15) is 0 Å². The smallest absolute Gasteiger partial charge is 0.266 e. The van der Waals surface area contributed by atoms with Crippen LogP contribution in [0.1, 0.15) is 47.7 Å². The summed E-state index contributed by atoms with van der Waals surface area (Å²) < 4.78 is 1.63. The molecule has 3 aromatic rings. The van der Waals surface area contributed by atoms with Gasteiger partial charge in [-0.3, -0.25) is 14.6 Å². The largest absolute Gasteiger partial charge is 0.339 e. The number of nitrogens with zero attached hydrogens (tertiary/aromatic N) is 4. The van der Waals surface area contributed by atoms with Crippen molar-refractivity contribution < 1.29 is 4.79 Å². The van der Waals surface area contributed by atoms with Crippen LogP contribution in [0.5, 0.6) is 0 Å². The van der Waals surface area contributed by atoms with Crippen molar-refractivity contribution in [3.63, 3.8) is 0 Å². The highest BCUT2D eigenvalue weighted by molar-refractivity contribution is 5.97. The molecule has 5 rings (SSSR count). The molecule has 0 N–H and O–H groups in total. The van der Waals surface area contributed by atoms with Gasteiger partial charge in [0.15, 0.2) is 0 Å². The Morgan fingerprint density at radius 2 is 1.86 bits per heavy atom. The van der Waals surface area contributed by atoms with Gasteiger partial charge in [0, 0.05) is 48.8 Å². The second-order valence-corrected chi connectivity index (χ2v) is 8.20. The summed E-state index contributed by atoms with van der Waals surface area (Å²) in [7, 11) is 0. The number of rotatable bonds is 4. The van der Waals surface area contributed by atoms with E-state index in [9.17, 15) is 9.59 Å². The van der Waals surface area contributed by atoms with Gasteiger partial charge < -0.3 is 4.90 Å². The van der Waals surface area contributed by atoms with E-state index in [4.69, 9.17) is 0 Å². The third kappa shape index (κ3) is 3.79. The molecule has 6 nitrogen and oxygen atoms in total. The van der Waals surface area contributed by atoms with Crippen LogP contribution in [-0.2, 0) is 6.54 Å². The zero-order valence-corrected chi connectivity index (χ0v) is 16.3. The highest BCUT2D eigenvalue weighted by Crippen LogP contribution is 2.38. The highest BCUT2D eigenvalue weighted by Gasteiger charge is 2.27. The molecular formula is C23H24N4O2. The molecule has 1 amide bonds. The zero-order chi connectivity index (χ0) is 19.8. The van der Waals surface area contributed by atoms with Crippen LogP contribution in [0.2, 0.25) is 0 Å². The van der Waals surface area contributed by atoms with Crippen LogP contribution in [0.15, 0.2) is 53.5 Å². The molecule has 6 heteroatoms. The standard InChI is InChI=1S/C23H24N4O2/c28-22-8-7-21(17-3-4-17)25-27(22)15-16-9-12-26(13-10-16)23(29)19-5-6-20-18(14-19)2-1-11-24-20/h1-2,5-8,11,14,16-17H,3-4,9-10,12-13,15H2. The Bertz CT molecular complexity index is 1110. The molecule has 1 aliphatic heterocycles. The number of pyridine rings is 1. The van der Waals surface area contributed by atoms with Crippen molar-refractivity contribution in [1.82, 2.24) is 19.7 Å². The summed E-state index contributed by atoms with van der Waals surface area (Å²) in [6, 6.07) is 13.1. The van der Waals surface area contributed by atoms with E-state index in [1.165, 1.54) is 12.8 Å². The Morgan fingerprint density at radius 1 is 1.03 bits per heavy atom. The Balaban J connectivity index is 1.23. The molecule has 0 radical (unpaired) electrons. The molecule has 1 saturated heterocycles. The number of carbonyl (C=O) groups is 1. The number of fused-ring (bicyclic) bond motifs is 1. The summed E-state index contributed by atoms with van der Waals surface area (Å²) >= 11 is 0. The Kier molecular flexibility index (Phi) is 4.62. The number of hydrogen-bond donors (Lipinski definition) is 0. The molecule has 1 aliphatic carbocycles. The molecule has 0 spiro atoms. The van der Waals surface area contributed by atoms with Crippen LogP contribution in [-0.4, -0.2) is 38.7 Å². The monoisotopic (exact) mass is 388 g/mol. The minimum absolute atomic E-state index is 0.0299. The first kappa shape index (κ1) is 18.0. The second-order valence-electron chi connectivity index (χ2n) is 8.20. The van der Waals surface area contributed by atoms with Crippen molar-refractivity contribution in [2.45, 2.75) is 38.1 Å². The first-order valence-corrected chi connectivity index (χ1v) is 10.4. The molecule has 29 heavy (non-hydrogen) atoms. The Labute approximate surface area is 169 Å². The fourth-order valence-electron chi connectivity index (χ4n) is 4.15. The predicted octanol–water partition coefficient (Wildman–Crippen LogP) is 3.22. The molecule has 1 aromatic carbocycles. The first-order chi connectivity index (χ1) is 14.2. The average molecular weight is 388 g/mol. The number of hydrogen-bond acceptors (Lipinski definition) is 4. The van der Waals surface area contributed by atoms with Crippen LogP contribution in [0.25, 0.3) is 10.9 Å². The van der Waals surface area contributed by atoms with Crippen molar-refractivity contribution in [2.24, 2.45) is 5.92 Å². The average Bonchev–Trinajstić information content (AvgIpc) is 3.60. The van der Waals surface area contributed by atoms with Crippen LogP contribution < -0.4 is 5.56 Å². The Hall–Kier alpha value is -3.02. The van der Waals surface area contributed by atoms with Crippen molar-refractivity contribution in [3.05, 3.63) is 70.3 Å². The summed E-state index contributed by atoms with van der Waals surface area (Å²) in [5.74, 6) is 0.984. The maximum Gasteiger partial charge on any atom is 0.266 e. The molecule has 1 saturated carbocycles. The van der Waals surface area contributed by atoms with E-state index >= 15 is 0 Å². The van der Waals surface area contributed by atoms with Gasteiger partial charge in [-0.25, -0.2) is 4.68 Å². The van der Waals surface area contributed by atoms with Crippen molar-refractivity contribution >= 4 is 16.8 Å². The summed E-state index contributed by atoms with van der Waals surface area (Å²) in [6.07, 6.45) is 5.90. The number of piperidine rings is 1. The molecule has 0 atom stereocenters. The van der Waals surface area contributed by atoms with E-state index in [2.05, 4.69) is 10.1 Å². The SMILES string of the molecule is O=C(c1ccc2ncccc2c1)N1CCC(Cn2nc(C3CC3)ccc2=O)CC1. The quantitative estimate of drug-likeness (QED) is 0.688. The van der Waals surface area contributed by atoms with Gasteiger partial charge in [0.2, 0.25) is 0 Å². The predicted molar refractivity (Wildman–Crippen MR) is 111 cm³/mol. The minimum Gasteiger partial charge on any atom is -0.339 e. The third-order valence-corrected chi connectivity index (χ3v) is 6.07. The van der Waals surface area contributed by atoms with Crippen LogP contribution >= 0.6 is 0 Å². The second kappa shape index (κ2) is 7.43. The van der Waals surface area contributed by atoms with Gasteiger partial charge in [-0.15, -0.1) is 0 Å². The highest BCUT2D eigenvalue weighted by atomic mass is 16.2. The van der Waals surface area contributed by atoms with Crippen molar-refractivity contribution in [1.29, 1.82) is 0 Å². The maximum atomic E-state index is 12.9. The molecule has 0 bridgehead atoms. The lowest BCUT2D eigenvalue weighted by Crippen LogP contribution is -2.40. The van der Waals surface area contributed by atoms with E-state index < -0.39 is 0 Å². The summed E-state index contributed by atoms with van der Waals surface area (Å²) in [6.45, 7) is 2.07. The van der Waals surface area contributed by atoms with E-state index in [1.807, 2.05) is 41.3 Å². The Morgan fingerprint density at radius 3 is 2.66 bits per heavy atom. The number of aromatic nitrogens is 3. The summed E-state index contributed by atoms with van der Waals surface area (Å²) in [5, 5.41) is 5.56. The summed E-state index contributed by atoms with van der Waals surface area (Å²) in [5.41, 5.74) is 2.62. The minimum atomic E-state index is -0.0299. The summed E-state index contributed by atoms with van der Waals surface area (Å²) in [4.78, 5) is 31.3. The van der Waals surface area contributed by atoms with Gasteiger partial charge in [0.05, 0.1) is 11.2 Å². The molecule has 3 heterocycles. The van der Waals surface area contributed by atoms with Crippen molar-refractivity contribution in [2.75, 3.05) is 13.1 Å². The van der Waals surface area contributed by atoms with Crippen LogP contribution in [0.3, 0.4) is 0 Å². The molecule has 2 aliphatic rings. The van der Waals surface area contributed by atoms with Crippen LogP contribution in [0, 0.1) is 5.92 Å². The first-order valence-electron chi connectivity index (χ1n) is 10.4. The van der Waals surface area contributed by atoms with E-state index in [1.54, 1.807) is 16.9 Å².